The predicted molar refractivity (Wildman–Crippen MR) is 85.8 cm³/mol. The van der Waals surface area contributed by atoms with Crippen LogP contribution in [0.2, 0.25) is 0 Å². The second-order valence-corrected chi connectivity index (χ2v) is 8.81. The number of aromatic nitrogens is 3. The lowest BCUT2D eigenvalue weighted by atomic mass is 9.70. The smallest absolute Gasteiger partial charge is 0.304 e. The van der Waals surface area contributed by atoms with Gasteiger partial charge < -0.3 is 4.74 Å². The SMILES string of the molecule is CC1(C)[C@@H]2CC[C@@]1(C)[C@@H]1OCc3nn(-c4c(F)c(F)c(F)c(F)c4F)c[n+]3[C@H]21. The van der Waals surface area contributed by atoms with Gasteiger partial charge in [0.1, 0.15) is 12.6 Å². The molecule has 2 bridgehead atoms. The van der Waals surface area contributed by atoms with Crippen molar-refractivity contribution < 1.29 is 31.3 Å². The Kier molecular flexibility index (Phi) is 3.42. The third kappa shape index (κ3) is 1.88. The molecule has 0 spiro atoms. The van der Waals surface area contributed by atoms with Crippen molar-refractivity contribution in [3.63, 3.8) is 0 Å². The predicted octanol–water partition coefficient (Wildman–Crippen LogP) is 3.75. The van der Waals surface area contributed by atoms with Gasteiger partial charge in [-0.25, -0.2) is 17.7 Å². The molecule has 5 rings (SSSR count). The van der Waals surface area contributed by atoms with E-state index < -0.39 is 34.8 Å². The lowest BCUT2D eigenvalue weighted by Gasteiger charge is -2.40. The molecule has 1 aliphatic heterocycles. The molecule has 0 N–H and O–H groups in total. The van der Waals surface area contributed by atoms with Crippen LogP contribution in [0.4, 0.5) is 22.0 Å². The van der Waals surface area contributed by atoms with E-state index >= 15 is 0 Å². The number of nitrogens with zero attached hydrogens (tertiary/aromatic N) is 3. The second kappa shape index (κ2) is 5.31. The summed E-state index contributed by atoms with van der Waals surface area (Å²) < 4.78 is 77.7. The van der Waals surface area contributed by atoms with Crippen molar-refractivity contribution in [3.05, 3.63) is 41.2 Å². The van der Waals surface area contributed by atoms with E-state index in [1.807, 2.05) is 0 Å². The Bertz CT molecular complexity index is 990. The molecule has 4 nitrogen and oxygen atoms in total. The summed E-state index contributed by atoms with van der Waals surface area (Å²) in [5.41, 5.74) is -1.15. The number of fused-ring (bicyclic) bond motifs is 7. The Morgan fingerprint density at radius 2 is 1.64 bits per heavy atom. The lowest BCUT2D eigenvalue weighted by molar-refractivity contribution is -0.756. The average molecular weight is 400 g/mol. The van der Waals surface area contributed by atoms with Crippen LogP contribution in [0.5, 0.6) is 0 Å². The zero-order valence-electron chi connectivity index (χ0n) is 15.6. The quantitative estimate of drug-likeness (QED) is 0.316. The van der Waals surface area contributed by atoms with E-state index in [9.17, 15) is 22.0 Å². The van der Waals surface area contributed by atoms with Gasteiger partial charge in [-0.1, -0.05) is 25.5 Å². The molecule has 0 amide bonds. The Hall–Kier alpha value is -2.03. The van der Waals surface area contributed by atoms with E-state index in [0.717, 1.165) is 17.5 Å². The zero-order valence-corrected chi connectivity index (χ0v) is 15.6. The van der Waals surface area contributed by atoms with E-state index in [-0.39, 0.29) is 35.5 Å². The monoisotopic (exact) mass is 400 g/mol. The molecule has 1 aromatic heterocycles. The van der Waals surface area contributed by atoms with Crippen LogP contribution in [0.1, 0.15) is 45.5 Å². The standard InChI is InChI=1S/C19H19F5N3O/c1-18(2)8-4-5-19(18,3)17-15(8)26-7-27(25-9(26)6-28-17)16-13(23)11(21)10(20)12(22)14(16)24/h7-8,15,17H,4-6H2,1-3H3/q+1/t8-,15-,17-,19+/m1/s1. The molecule has 0 saturated heterocycles. The van der Waals surface area contributed by atoms with Gasteiger partial charge in [-0.15, -0.1) is 0 Å². The molecule has 28 heavy (non-hydrogen) atoms. The summed E-state index contributed by atoms with van der Waals surface area (Å²) in [4.78, 5) is 0. The average Bonchev–Trinajstić information content (AvgIpc) is 3.23. The molecule has 2 fully saturated rings. The summed E-state index contributed by atoms with van der Waals surface area (Å²) in [5.74, 6) is -9.32. The molecule has 0 unspecified atom stereocenters. The van der Waals surface area contributed by atoms with Gasteiger partial charge in [0.25, 0.3) is 0 Å². The molecule has 1 aromatic carbocycles. The number of hydrogen-bond acceptors (Lipinski definition) is 2. The van der Waals surface area contributed by atoms with E-state index in [1.165, 1.54) is 6.33 Å². The molecule has 2 heterocycles. The maximum atomic E-state index is 14.2. The van der Waals surface area contributed by atoms with Gasteiger partial charge in [-0.2, -0.15) is 8.78 Å². The molecule has 0 radical (unpaired) electrons. The highest BCUT2D eigenvalue weighted by Gasteiger charge is 2.70. The van der Waals surface area contributed by atoms with Crippen LogP contribution in [0.15, 0.2) is 6.33 Å². The van der Waals surface area contributed by atoms with Gasteiger partial charge in [-0.05, 0) is 18.3 Å². The first-order chi connectivity index (χ1) is 13.1. The van der Waals surface area contributed by atoms with Crippen LogP contribution in [-0.4, -0.2) is 15.9 Å². The Labute approximate surface area is 157 Å². The summed E-state index contributed by atoms with van der Waals surface area (Å²) in [5, 5.41) is 4.09. The molecule has 4 atom stereocenters. The molecule has 150 valence electrons. The van der Waals surface area contributed by atoms with Gasteiger partial charge in [-0.3, -0.25) is 0 Å². The number of rotatable bonds is 1. The third-order valence-electron chi connectivity index (χ3n) is 7.61. The van der Waals surface area contributed by atoms with Crippen LogP contribution in [0, 0.1) is 45.8 Å². The Balaban J connectivity index is 1.66. The summed E-state index contributed by atoms with van der Waals surface area (Å²) in [6, 6.07) is -0.0903. The van der Waals surface area contributed by atoms with Crippen molar-refractivity contribution >= 4 is 0 Å². The number of benzene rings is 1. The van der Waals surface area contributed by atoms with Gasteiger partial charge >= 0.3 is 5.82 Å². The van der Waals surface area contributed by atoms with Gasteiger partial charge in [0, 0.05) is 16.4 Å². The summed E-state index contributed by atoms with van der Waals surface area (Å²) in [6.07, 6.45) is 3.24. The van der Waals surface area contributed by atoms with E-state index in [0.29, 0.717) is 5.82 Å². The van der Waals surface area contributed by atoms with Crippen molar-refractivity contribution in [1.82, 2.24) is 9.78 Å². The summed E-state index contributed by atoms with van der Waals surface area (Å²) >= 11 is 0. The maximum Gasteiger partial charge on any atom is 0.304 e. The van der Waals surface area contributed by atoms with Crippen molar-refractivity contribution in [2.45, 2.75) is 52.4 Å². The molecule has 2 aliphatic carbocycles. The maximum absolute atomic E-state index is 14.2. The van der Waals surface area contributed by atoms with Gasteiger partial charge in [0.05, 0.1) is 6.10 Å². The Morgan fingerprint density at radius 1 is 1.04 bits per heavy atom. The summed E-state index contributed by atoms with van der Waals surface area (Å²) in [6.45, 7) is 6.70. The zero-order chi connectivity index (χ0) is 20.2. The number of halogens is 5. The van der Waals surface area contributed by atoms with Crippen LogP contribution in [0.25, 0.3) is 5.69 Å². The van der Waals surface area contributed by atoms with Crippen LogP contribution < -0.4 is 4.57 Å². The van der Waals surface area contributed by atoms with Crippen LogP contribution >= 0.6 is 0 Å². The molecule has 2 aromatic rings. The van der Waals surface area contributed by atoms with E-state index in [1.54, 1.807) is 4.57 Å². The normalized spacial score (nSPS) is 32.5. The topological polar surface area (TPSA) is 30.9 Å². The molecular formula is C19H19F5N3O+. The number of hydrogen-bond donors (Lipinski definition) is 0. The minimum absolute atomic E-state index is 0.0103. The Morgan fingerprint density at radius 3 is 2.29 bits per heavy atom. The van der Waals surface area contributed by atoms with Crippen LogP contribution in [-0.2, 0) is 11.3 Å². The molecule has 9 heteroatoms. The first kappa shape index (κ1) is 18.0. The summed E-state index contributed by atoms with van der Waals surface area (Å²) in [7, 11) is 0. The van der Waals surface area contributed by atoms with Crippen molar-refractivity contribution in [2.24, 2.45) is 16.7 Å². The minimum atomic E-state index is -2.19. The van der Waals surface area contributed by atoms with Gasteiger partial charge in [0.2, 0.25) is 41.1 Å². The van der Waals surface area contributed by atoms with Crippen molar-refractivity contribution in [3.8, 4) is 5.69 Å². The largest absolute Gasteiger partial charge is 0.363 e. The first-order valence-corrected chi connectivity index (χ1v) is 9.22. The second-order valence-electron chi connectivity index (χ2n) is 8.81. The van der Waals surface area contributed by atoms with E-state index in [4.69, 9.17) is 4.74 Å². The van der Waals surface area contributed by atoms with E-state index in [2.05, 4.69) is 25.9 Å². The molecular weight excluding hydrogens is 381 g/mol. The highest BCUT2D eigenvalue weighted by molar-refractivity contribution is 5.36. The van der Waals surface area contributed by atoms with Crippen LogP contribution in [0.3, 0.4) is 0 Å². The lowest BCUT2D eigenvalue weighted by Crippen LogP contribution is -2.56. The minimum Gasteiger partial charge on any atom is -0.363 e. The fraction of sp³-hybridized carbons (Fsp3) is 0.579. The molecule has 2 saturated carbocycles. The van der Waals surface area contributed by atoms with Crippen molar-refractivity contribution in [1.29, 1.82) is 0 Å². The van der Waals surface area contributed by atoms with Gasteiger partial charge in [0.15, 0.2) is 0 Å². The number of ether oxygens (including phenoxy) is 1. The molecule has 3 aliphatic rings. The fourth-order valence-corrected chi connectivity index (χ4v) is 5.68. The first-order valence-electron chi connectivity index (χ1n) is 9.22. The third-order valence-corrected chi connectivity index (χ3v) is 7.61. The highest BCUT2D eigenvalue weighted by Crippen LogP contribution is 2.69. The van der Waals surface area contributed by atoms with Crippen molar-refractivity contribution in [2.75, 3.05) is 0 Å². The highest BCUT2D eigenvalue weighted by atomic mass is 19.2. The fourth-order valence-electron chi connectivity index (χ4n) is 5.68.